The molecule has 38 heavy (non-hydrogen) atoms. The van der Waals surface area contributed by atoms with E-state index in [2.05, 4.69) is 128 Å². The second kappa shape index (κ2) is 9.94. The lowest BCUT2D eigenvalue weighted by Crippen LogP contribution is -2.16. The van der Waals surface area contributed by atoms with Crippen LogP contribution in [-0.2, 0) is 10.8 Å². The van der Waals surface area contributed by atoms with Crippen LogP contribution in [0.4, 0.5) is 0 Å². The van der Waals surface area contributed by atoms with Crippen LogP contribution in [0.15, 0.2) is 97.8 Å². The lowest BCUT2D eigenvalue weighted by Gasteiger charge is -2.26. The molecule has 2 aromatic heterocycles. The summed E-state index contributed by atoms with van der Waals surface area (Å²) in [7, 11) is 0. The summed E-state index contributed by atoms with van der Waals surface area (Å²) < 4.78 is 0. The summed E-state index contributed by atoms with van der Waals surface area (Å²) in [5.74, 6) is 0. The highest BCUT2D eigenvalue weighted by atomic mass is 14.8. The molecule has 4 heteroatoms. The molecule has 0 unspecified atom stereocenters. The minimum atomic E-state index is 0.0837. The van der Waals surface area contributed by atoms with Gasteiger partial charge in [-0.25, -0.2) is 19.9 Å². The summed E-state index contributed by atoms with van der Waals surface area (Å²) in [6.07, 6.45) is 6.81. The maximum absolute atomic E-state index is 4.57. The number of hydrogen-bond donors (Lipinski definition) is 0. The molecule has 0 aliphatic carbocycles. The molecule has 4 nitrogen and oxygen atoms in total. The molecule has 0 atom stereocenters. The van der Waals surface area contributed by atoms with E-state index in [9.17, 15) is 0 Å². The van der Waals surface area contributed by atoms with Crippen molar-refractivity contribution in [3.05, 3.63) is 109 Å². The summed E-state index contributed by atoms with van der Waals surface area (Å²) in [5.41, 5.74) is 11.3. The molecule has 0 N–H and O–H groups in total. The third kappa shape index (κ3) is 5.55. The Balaban J connectivity index is 1.43. The van der Waals surface area contributed by atoms with Crippen molar-refractivity contribution in [1.82, 2.24) is 19.9 Å². The Morgan fingerprint density at radius 2 is 0.842 bits per heavy atom. The van der Waals surface area contributed by atoms with Gasteiger partial charge in [-0.3, -0.25) is 0 Å². The van der Waals surface area contributed by atoms with Gasteiger partial charge in [0.2, 0.25) is 0 Å². The number of nitrogens with zero attached hydrogens (tertiary/aromatic N) is 4. The Morgan fingerprint density at radius 3 is 1.29 bits per heavy atom. The van der Waals surface area contributed by atoms with Crippen LogP contribution >= 0.6 is 0 Å². The van der Waals surface area contributed by atoms with E-state index in [1.165, 1.54) is 22.3 Å². The fraction of sp³-hybridized carbons (Fsp3) is 0.235. The van der Waals surface area contributed by atoms with Crippen LogP contribution in [0.2, 0.25) is 0 Å². The monoisotopic (exact) mass is 498 g/mol. The predicted molar refractivity (Wildman–Crippen MR) is 157 cm³/mol. The van der Waals surface area contributed by atoms with Crippen LogP contribution in [0.25, 0.3) is 44.8 Å². The normalized spacial score (nSPS) is 11.9. The van der Waals surface area contributed by atoms with Crippen LogP contribution in [-0.4, -0.2) is 19.9 Å². The van der Waals surface area contributed by atoms with E-state index in [-0.39, 0.29) is 10.8 Å². The fourth-order valence-electron chi connectivity index (χ4n) is 4.45. The van der Waals surface area contributed by atoms with Crippen molar-refractivity contribution in [1.29, 1.82) is 0 Å². The number of rotatable bonds is 4. The molecule has 0 aliphatic rings. The van der Waals surface area contributed by atoms with Crippen molar-refractivity contribution in [2.45, 2.75) is 52.4 Å². The zero-order valence-electron chi connectivity index (χ0n) is 23.0. The van der Waals surface area contributed by atoms with Crippen molar-refractivity contribution >= 4 is 0 Å². The summed E-state index contributed by atoms with van der Waals surface area (Å²) in [4.78, 5) is 17.3. The molecule has 0 bridgehead atoms. The molecule has 5 rings (SSSR count). The maximum Gasteiger partial charge on any atom is 0.116 e. The quantitative estimate of drug-likeness (QED) is 0.249. The van der Waals surface area contributed by atoms with Gasteiger partial charge in [-0.1, -0.05) is 108 Å². The fourth-order valence-corrected chi connectivity index (χ4v) is 4.45. The molecule has 0 fully saturated rings. The van der Waals surface area contributed by atoms with Crippen molar-refractivity contribution in [3.63, 3.8) is 0 Å². The molecule has 0 saturated carbocycles. The Morgan fingerprint density at radius 1 is 0.421 bits per heavy atom. The first-order chi connectivity index (χ1) is 18.1. The maximum atomic E-state index is 4.57. The molecule has 0 radical (unpaired) electrons. The average molecular weight is 499 g/mol. The molecule has 0 spiro atoms. The molecule has 0 amide bonds. The van der Waals surface area contributed by atoms with Crippen molar-refractivity contribution in [2.24, 2.45) is 0 Å². The number of aromatic nitrogens is 4. The third-order valence-corrected chi connectivity index (χ3v) is 6.92. The molecule has 5 aromatic rings. The second-order valence-electron chi connectivity index (χ2n) is 11.9. The molecule has 0 saturated heterocycles. The third-order valence-electron chi connectivity index (χ3n) is 6.92. The van der Waals surface area contributed by atoms with Crippen LogP contribution in [0.5, 0.6) is 0 Å². The lowest BCUT2D eigenvalue weighted by molar-refractivity contribution is 0.569. The first kappa shape index (κ1) is 25.5. The van der Waals surface area contributed by atoms with E-state index < -0.39 is 0 Å². The van der Waals surface area contributed by atoms with E-state index >= 15 is 0 Å². The molecule has 190 valence electrons. The molecular weight excluding hydrogens is 464 g/mol. The Hall–Kier alpha value is -4.18. The average Bonchev–Trinajstić information content (AvgIpc) is 2.93. The summed E-state index contributed by atoms with van der Waals surface area (Å²) in [6, 6.07) is 26.1. The summed E-state index contributed by atoms with van der Waals surface area (Å²) in [5, 5.41) is 0. The summed E-state index contributed by atoms with van der Waals surface area (Å²) >= 11 is 0. The van der Waals surface area contributed by atoms with E-state index in [0.717, 1.165) is 33.6 Å². The van der Waals surface area contributed by atoms with E-state index in [1.807, 2.05) is 18.5 Å². The largest absolute Gasteiger partial charge is 0.244 e. The Bertz CT molecular complexity index is 1510. The zero-order chi connectivity index (χ0) is 26.9. The number of hydrogen-bond acceptors (Lipinski definition) is 4. The Kier molecular flexibility index (Phi) is 6.66. The molecule has 0 aliphatic heterocycles. The second-order valence-corrected chi connectivity index (χ2v) is 11.9. The molecule has 3 aromatic carbocycles. The first-order valence-corrected chi connectivity index (χ1v) is 13.0. The van der Waals surface area contributed by atoms with Gasteiger partial charge < -0.3 is 0 Å². The highest BCUT2D eigenvalue weighted by Crippen LogP contribution is 2.35. The van der Waals surface area contributed by atoms with Crippen LogP contribution in [0.3, 0.4) is 0 Å². The van der Waals surface area contributed by atoms with Gasteiger partial charge in [0.15, 0.2) is 0 Å². The van der Waals surface area contributed by atoms with E-state index in [1.54, 1.807) is 12.7 Å². The van der Waals surface area contributed by atoms with Gasteiger partial charge in [0.05, 0.1) is 11.4 Å². The molecule has 2 heterocycles. The van der Waals surface area contributed by atoms with Gasteiger partial charge >= 0.3 is 0 Å². The van der Waals surface area contributed by atoms with Gasteiger partial charge in [-0.05, 0) is 44.7 Å². The van der Waals surface area contributed by atoms with Crippen molar-refractivity contribution in [3.8, 4) is 44.8 Å². The van der Waals surface area contributed by atoms with Crippen LogP contribution in [0, 0.1) is 0 Å². The lowest BCUT2D eigenvalue weighted by atomic mass is 9.79. The molecular formula is C34H34N4. The number of benzene rings is 3. The minimum Gasteiger partial charge on any atom is -0.244 e. The zero-order valence-corrected chi connectivity index (χ0v) is 23.0. The smallest absolute Gasteiger partial charge is 0.116 e. The van der Waals surface area contributed by atoms with Crippen LogP contribution in [0.1, 0.15) is 52.7 Å². The van der Waals surface area contributed by atoms with Crippen molar-refractivity contribution < 1.29 is 0 Å². The summed E-state index contributed by atoms with van der Waals surface area (Å²) in [6.45, 7) is 13.7. The topological polar surface area (TPSA) is 51.6 Å². The van der Waals surface area contributed by atoms with E-state index in [0.29, 0.717) is 0 Å². The SMILES string of the molecule is CC(C)(C)c1cc(-c2ccc(-c3cc(-c4ccc(-c5cncnc5)cc4)ncn3)cc2)cc(C(C)(C)C)c1. The Labute approximate surface area is 225 Å². The highest BCUT2D eigenvalue weighted by Gasteiger charge is 2.21. The van der Waals surface area contributed by atoms with Gasteiger partial charge in [-0.2, -0.15) is 0 Å². The van der Waals surface area contributed by atoms with Gasteiger partial charge in [0.25, 0.3) is 0 Å². The van der Waals surface area contributed by atoms with Crippen molar-refractivity contribution in [2.75, 3.05) is 0 Å². The highest BCUT2D eigenvalue weighted by molar-refractivity contribution is 5.73. The van der Waals surface area contributed by atoms with Gasteiger partial charge in [0, 0.05) is 29.1 Å². The standard InChI is InChI=1S/C34H34N4/c1-33(2,3)29-15-27(16-30(17-29)34(4,5)6)23-7-11-25(12-8-23)31-18-32(38-22-37-31)26-13-9-24(10-14-26)28-19-35-21-36-20-28/h7-22H,1-6H3. The van der Waals surface area contributed by atoms with Crippen LogP contribution < -0.4 is 0 Å². The van der Waals surface area contributed by atoms with E-state index in [4.69, 9.17) is 0 Å². The van der Waals surface area contributed by atoms with Gasteiger partial charge in [-0.15, -0.1) is 0 Å². The first-order valence-electron chi connectivity index (χ1n) is 13.0. The van der Waals surface area contributed by atoms with Gasteiger partial charge in [0.1, 0.15) is 12.7 Å². The minimum absolute atomic E-state index is 0.0837. The predicted octanol–water partition coefficient (Wildman–Crippen LogP) is 8.53.